The highest BCUT2D eigenvalue weighted by Crippen LogP contribution is 2.22. The molecule has 1 aromatic rings. The first-order valence-corrected chi connectivity index (χ1v) is 6.62. The van der Waals surface area contributed by atoms with Crippen molar-refractivity contribution in [2.45, 2.75) is 26.3 Å². The van der Waals surface area contributed by atoms with Crippen molar-refractivity contribution in [3.8, 4) is 5.88 Å². The maximum Gasteiger partial charge on any atom is 0.232 e. The van der Waals surface area contributed by atoms with Crippen molar-refractivity contribution in [2.75, 3.05) is 26.9 Å². The van der Waals surface area contributed by atoms with Crippen LogP contribution < -0.4 is 10.1 Å². The molecule has 0 bridgehead atoms. The van der Waals surface area contributed by atoms with Crippen molar-refractivity contribution >= 4 is 11.6 Å². The summed E-state index contributed by atoms with van der Waals surface area (Å²) in [5.41, 5.74) is 1.07. The summed E-state index contributed by atoms with van der Waals surface area (Å²) in [5.74, 6) is 0.493. The molecule has 102 valence electrons. The fourth-order valence-electron chi connectivity index (χ4n) is 1.45. The fourth-order valence-corrected chi connectivity index (χ4v) is 1.69. The first-order chi connectivity index (χ1) is 8.77. The van der Waals surface area contributed by atoms with Crippen molar-refractivity contribution in [1.29, 1.82) is 0 Å². The van der Waals surface area contributed by atoms with Gasteiger partial charge in [-0.25, -0.2) is 4.98 Å². The number of rotatable bonds is 9. The molecule has 0 unspecified atom stereocenters. The second-order valence-electron chi connectivity index (χ2n) is 4.00. The van der Waals surface area contributed by atoms with Gasteiger partial charge in [0, 0.05) is 32.9 Å². The van der Waals surface area contributed by atoms with Gasteiger partial charge in [-0.05, 0) is 24.6 Å². The molecule has 18 heavy (non-hydrogen) atoms. The molecule has 0 radical (unpaired) electrons. The smallest absolute Gasteiger partial charge is 0.232 e. The third kappa shape index (κ3) is 5.67. The molecule has 0 saturated heterocycles. The Bertz CT molecular complexity index is 348. The summed E-state index contributed by atoms with van der Waals surface area (Å²) >= 11 is 6.11. The van der Waals surface area contributed by atoms with Gasteiger partial charge in [0.05, 0.1) is 6.61 Å². The average molecular weight is 273 g/mol. The van der Waals surface area contributed by atoms with Gasteiger partial charge < -0.3 is 14.8 Å². The molecule has 0 atom stereocenters. The van der Waals surface area contributed by atoms with Gasteiger partial charge in [-0.1, -0.05) is 18.5 Å². The molecule has 0 spiro atoms. The number of hydrogen-bond donors (Lipinski definition) is 1. The zero-order valence-electron chi connectivity index (χ0n) is 11.0. The molecular formula is C13H21ClN2O2. The van der Waals surface area contributed by atoms with Crippen LogP contribution in [0.25, 0.3) is 0 Å². The Morgan fingerprint density at radius 1 is 1.39 bits per heavy atom. The molecule has 0 aliphatic heterocycles. The van der Waals surface area contributed by atoms with Gasteiger partial charge in [0.2, 0.25) is 5.88 Å². The number of nitrogens with zero attached hydrogens (tertiary/aromatic N) is 1. The highest BCUT2D eigenvalue weighted by Gasteiger charge is 2.04. The Balaban J connectivity index is 2.41. The number of aromatic nitrogens is 1. The maximum atomic E-state index is 6.11. The number of pyridine rings is 1. The molecule has 0 aliphatic carbocycles. The van der Waals surface area contributed by atoms with Crippen LogP contribution >= 0.6 is 11.6 Å². The zero-order chi connectivity index (χ0) is 13.2. The minimum atomic E-state index is 0.493. The summed E-state index contributed by atoms with van der Waals surface area (Å²) in [6.07, 6.45) is 3.73. The number of nitrogens with one attached hydrogen (secondary N) is 1. The molecule has 1 heterocycles. The van der Waals surface area contributed by atoms with E-state index in [9.17, 15) is 0 Å². The quantitative estimate of drug-likeness (QED) is 0.702. The third-order valence-corrected chi connectivity index (χ3v) is 2.62. The highest BCUT2D eigenvalue weighted by atomic mass is 35.5. The normalized spacial score (nSPS) is 10.6. The van der Waals surface area contributed by atoms with Gasteiger partial charge in [0.1, 0.15) is 5.02 Å². The highest BCUT2D eigenvalue weighted by molar-refractivity contribution is 6.31. The van der Waals surface area contributed by atoms with Gasteiger partial charge in [-0.15, -0.1) is 0 Å². The van der Waals surface area contributed by atoms with E-state index in [0.29, 0.717) is 24.1 Å². The average Bonchev–Trinajstić information content (AvgIpc) is 2.37. The van der Waals surface area contributed by atoms with Crippen LogP contribution in [0.3, 0.4) is 0 Å². The second-order valence-corrected chi connectivity index (χ2v) is 4.41. The molecular weight excluding hydrogens is 252 g/mol. The van der Waals surface area contributed by atoms with Crippen molar-refractivity contribution < 1.29 is 9.47 Å². The van der Waals surface area contributed by atoms with Crippen molar-refractivity contribution in [1.82, 2.24) is 10.3 Å². The van der Waals surface area contributed by atoms with E-state index in [4.69, 9.17) is 21.1 Å². The summed E-state index contributed by atoms with van der Waals surface area (Å²) in [4.78, 5) is 4.22. The minimum absolute atomic E-state index is 0.493. The van der Waals surface area contributed by atoms with Crippen molar-refractivity contribution in [2.24, 2.45) is 0 Å². The number of ether oxygens (including phenoxy) is 2. The lowest BCUT2D eigenvalue weighted by Crippen LogP contribution is -2.14. The molecule has 0 saturated carbocycles. The predicted octanol–water partition coefficient (Wildman–Crippen LogP) is 2.65. The van der Waals surface area contributed by atoms with Crippen LogP contribution in [-0.2, 0) is 11.3 Å². The largest absolute Gasteiger partial charge is 0.477 e. The lowest BCUT2D eigenvalue weighted by molar-refractivity contribution is 0.170. The van der Waals surface area contributed by atoms with E-state index in [0.717, 1.165) is 31.5 Å². The Morgan fingerprint density at radius 2 is 2.22 bits per heavy atom. The predicted molar refractivity (Wildman–Crippen MR) is 73.2 cm³/mol. The Labute approximate surface area is 114 Å². The van der Waals surface area contributed by atoms with E-state index < -0.39 is 0 Å². The van der Waals surface area contributed by atoms with Crippen LogP contribution in [0.4, 0.5) is 0 Å². The lowest BCUT2D eigenvalue weighted by atomic mass is 10.3. The number of hydrogen-bond acceptors (Lipinski definition) is 4. The molecule has 0 fully saturated rings. The van der Waals surface area contributed by atoms with Crippen LogP contribution in [0.5, 0.6) is 5.88 Å². The summed E-state index contributed by atoms with van der Waals surface area (Å²) in [7, 11) is 1.67. The van der Waals surface area contributed by atoms with Gasteiger partial charge >= 0.3 is 0 Å². The van der Waals surface area contributed by atoms with Crippen molar-refractivity contribution in [3.63, 3.8) is 0 Å². The molecule has 5 heteroatoms. The molecule has 0 aromatic carbocycles. The molecule has 1 N–H and O–H groups in total. The van der Waals surface area contributed by atoms with E-state index in [-0.39, 0.29) is 0 Å². The summed E-state index contributed by atoms with van der Waals surface area (Å²) in [5, 5.41) is 3.86. The Hall–Kier alpha value is -0.840. The molecule has 0 amide bonds. The monoisotopic (exact) mass is 272 g/mol. The zero-order valence-corrected chi connectivity index (χ0v) is 11.8. The van der Waals surface area contributed by atoms with Gasteiger partial charge in [-0.2, -0.15) is 0 Å². The molecule has 1 rings (SSSR count). The Kier molecular flexibility index (Phi) is 7.73. The van der Waals surface area contributed by atoms with Crippen molar-refractivity contribution in [3.05, 3.63) is 22.8 Å². The van der Waals surface area contributed by atoms with Gasteiger partial charge in [0.25, 0.3) is 0 Å². The minimum Gasteiger partial charge on any atom is -0.477 e. The first kappa shape index (κ1) is 15.2. The van der Waals surface area contributed by atoms with Crippen LogP contribution in [0.2, 0.25) is 5.02 Å². The van der Waals surface area contributed by atoms with Crippen LogP contribution in [0, 0.1) is 0 Å². The van der Waals surface area contributed by atoms with Crippen LogP contribution in [-0.4, -0.2) is 31.9 Å². The number of halogens is 1. The van der Waals surface area contributed by atoms with Crippen LogP contribution in [0.15, 0.2) is 12.3 Å². The maximum absolute atomic E-state index is 6.11. The molecule has 1 aromatic heterocycles. The lowest BCUT2D eigenvalue weighted by Gasteiger charge is -2.08. The fraction of sp³-hybridized carbons (Fsp3) is 0.615. The number of methoxy groups -OCH3 is 1. The third-order valence-electron chi connectivity index (χ3n) is 2.35. The molecule has 0 aliphatic rings. The summed E-state index contributed by atoms with van der Waals surface area (Å²) in [6, 6.07) is 1.89. The molecule has 4 nitrogen and oxygen atoms in total. The summed E-state index contributed by atoms with van der Waals surface area (Å²) in [6.45, 7) is 5.15. The Morgan fingerprint density at radius 3 is 2.89 bits per heavy atom. The van der Waals surface area contributed by atoms with E-state index in [1.807, 2.05) is 6.07 Å². The van der Waals surface area contributed by atoms with E-state index in [1.165, 1.54) is 0 Å². The van der Waals surface area contributed by atoms with Crippen LogP contribution in [0.1, 0.15) is 25.3 Å². The SMILES string of the molecule is CCCNCc1cnc(OCCCOC)c(Cl)c1. The summed E-state index contributed by atoms with van der Waals surface area (Å²) < 4.78 is 10.4. The van der Waals surface area contributed by atoms with Gasteiger partial charge in [-0.3, -0.25) is 0 Å². The standard InChI is InChI=1S/C13H21ClN2O2/c1-3-5-15-9-11-8-12(14)13(16-10-11)18-7-4-6-17-2/h8,10,15H,3-7,9H2,1-2H3. The van der Waals surface area contributed by atoms with E-state index >= 15 is 0 Å². The second kappa shape index (κ2) is 9.14. The van der Waals surface area contributed by atoms with E-state index in [2.05, 4.69) is 17.2 Å². The topological polar surface area (TPSA) is 43.4 Å². The first-order valence-electron chi connectivity index (χ1n) is 6.24. The van der Waals surface area contributed by atoms with Gasteiger partial charge in [0.15, 0.2) is 0 Å². The van der Waals surface area contributed by atoms with E-state index in [1.54, 1.807) is 13.3 Å².